The minimum Gasteiger partial charge on any atom is -0.482 e. The van der Waals surface area contributed by atoms with Crippen LogP contribution in [0.2, 0.25) is 0 Å². The minimum absolute atomic E-state index is 0.0502. The third kappa shape index (κ3) is 3.94. The number of hydrogen-bond acceptors (Lipinski definition) is 4. The van der Waals surface area contributed by atoms with E-state index in [1.165, 1.54) is 0 Å². The number of aliphatic carboxylic acids is 1. The van der Waals surface area contributed by atoms with E-state index in [1.807, 2.05) is 18.2 Å². The molecule has 1 aliphatic heterocycles. The van der Waals surface area contributed by atoms with Gasteiger partial charge in [-0.05, 0) is 24.1 Å². The number of carbonyl (C=O) groups excluding carboxylic acids is 1. The molecular formula is C17H24N2O4. The fourth-order valence-electron chi connectivity index (χ4n) is 2.59. The summed E-state index contributed by atoms with van der Waals surface area (Å²) in [5.74, 6) is -0.314. The minimum atomic E-state index is -0.813. The summed E-state index contributed by atoms with van der Waals surface area (Å²) in [5.41, 5.74) is 1.62. The van der Waals surface area contributed by atoms with E-state index in [9.17, 15) is 14.7 Å². The first kappa shape index (κ1) is 17.1. The fraction of sp³-hybridized carbons (Fsp3) is 0.529. The Labute approximate surface area is 136 Å². The van der Waals surface area contributed by atoms with Crippen LogP contribution in [0.4, 0.5) is 11.4 Å². The van der Waals surface area contributed by atoms with Crippen molar-refractivity contribution in [2.45, 2.75) is 20.8 Å². The second kappa shape index (κ2) is 6.89. The Balaban J connectivity index is 2.31. The Bertz CT molecular complexity index is 600. The van der Waals surface area contributed by atoms with Gasteiger partial charge in [0.05, 0.1) is 11.6 Å². The predicted molar refractivity (Wildman–Crippen MR) is 89.2 cm³/mol. The van der Waals surface area contributed by atoms with E-state index in [4.69, 9.17) is 4.74 Å². The molecule has 1 heterocycles. The van der Waals surface area contributed by atoms with Gasteiger partial charge in [0.15, 0.2) is 6.61 Å². The molecular weight excluding hydrogens is 296 g/mol. The van der Waals surface area contributed by atoms with Gasteiger partial charge in [-0.15, -0.1) is 0 Å². The SMILES string of the molecule is CC(C)CN(CC(C)C(=O)O)c1ccc2c(c1)N(C)C(=O)CO2. The van der Waals surface area contributed by atoms with Crippen molar-refractivity contribution in [3.63, 3.8) is 0 Å². The monoisotopic (exact) mass is 320 g/mol. The van der Waals surface area contributed by atoms with Crippen LogP contribution < -0.4 is 14.5 Å². The summed E-state index contributed by atoms with van der Waals surface area (Å²) in [4.78, 5) is 26.6. The van der Waals surface area contributed by atoms with Gasteiger partial charge in [-0.2, -0.15) is 0 Å². The Morgan fingerprint density at radius 1 is 1.35 bits per heavy atom. The maximum absolute atomic E-state index is 11.8. The summed E-state index contributed by atoms with van der Waals surface area (Å²) in [6, 6.07) is 5.65. The van der Waals surface area contributed by atoms with Crippen LogP contribution in [0.3, 0.4) is 0 Å². The number of carboxylic acid groups (broad SMARTS) is 1. The number of hydrogen-bond donors (Lipinski definition) is 1. The van der Waals surface area contributed by atoms with E-state index in [-0.39, 0.29) is 12.5 Å². The maximum atomic E-state index is 11.8. The van der Waals surface area contributed by atoms with Gasteiger partial charge in [-0.1, -0.05) is 20.8 Å². The lowest BCUT2D eigenvalue weighted by Gasteiger charge is -2.31. The average molecular weight is 320 g/mol. The molecule has 6 nitrogen and oxygen atoms in total. The van der Waals surface area contributed by atoms with E-state index in [0.717, 1.165) is 17.9 Å². The molecule has 1 unspecified atom stereocenters. The molecule has 126 valence electrons. The van der Waals surface area contributed by atoms with Gasteiger partial charge in [-0.25, -0.2) is 0 Å². The standard InChI is InChI=1S/C17H24N2O4/c1-11(2)8-19(9-12(3)17(21)22)13-5-6-15-14(7-13)18(4)16(20)10-23-15/h5-7,11-12H,8-10H2,1-4H3,(H,21,22). The molecule has 0 bridgehead atoms. The molecule has 1 amide bonds. The first-order chi connectivity index (χ1) is 10.8. The van der Waals surface area contributed by atoms with Gasteiger partial charge in [0.2, 0.25) is 0 Å². The average Bonchev–Trinajstić information content (AvgIpc) is 2.49. The number of benzene rings is 1. The van der Waals surface area contributed by atoms with Crippen LogP contribution in [-0.4, -0.2) is 43.7 Å². The summed E-state index contributed by atoms with van der Waals surface area (Å²) in [6.45, 7) is 7.10. The lowest BCUT2D eigenvalue weighted by atomic mass is 10.1. The molecule has 0 aliphatic carbocycles. The van der Waals surface area contributed by atoms with Crippen LogP contribution in [0.15, 0.2) is 18.2 Å². The smallest absolute Gasteiger partial charge is 0.308 e. The summed E-state index contributed by atoms with van der Waals surface area (Å²) in [5, 5.41) is 9.18. The molecule has 1 aromatic rings. The fourth-order valence-corrected chi connectivity index (χ4v) is 2.59. The summed E-state index contributed by atoms with van der Waals surface area (Å²) < 4.78 is 5.44. The van der Waals surface area contributed by atoms with Crippen LogP contribution in [0.25, 0.3) is 0 Å². The van der Waals surface area contributed by atoms with Gasteiger partial charge < -0.3 is 19.6 Å². The lowest BCUT2D eigenvalue weighted by Crippen LogP contribution is -2.37. The number of amides is 1. The molecule has 0 aromatic heterocycles. The molecule has 1 atom stereocenters. The van der Waals surface area contributed by atoms with E-state index in [2.05, 4.69) is 18.7 Å². The Hall–Kier alpha value is -2.24. The van der Waals surface area contributed by atoms with E-state index >= 15 is 0 Å². The normalized spacial score (nSPS) is 15.2. The number of ether oxygens (including phenoxy) is 1. The van der Waals surface area contributed by atoms with Gasteiger partial charge in [-0.3, -0.25) is 9.59 Å². The number of fused-ring (bicyclic) bond motifs is 1. The highest BCUT2D eigenvalue weighted by Gasteiger charge is 2.24. The Kier molecular flexibility index (Phi) is 5.13. The van der Waals surface area contributed by atoms with Crippen LogP contribution in [0.5, 0.6) is 5.75 Å². The van der Waals surface area contributed by atoms with Crippen molar-refractivity contribution in [2.24, 2.45) is 11.8 Å². The predicted octanol–water partition coefficient (Wildman–Crippen LogP) is 2.22. The molecule has 6 heteroatoms. The molecule has 23 heavy (non-hydrogen) atoms. The second-order valence-corrected chi connectivity index (χ2v) is 6.43. The second-order valence-electron chi connectivity index (χ2n) is 6.43. The molecule has 2 rings (SSSR count). The number of carboxylic acids is 1. The molecule has 1 N–H and O–H groups in total. The van der Waals surface area contributed by atoms with Crippen LogP contribution >= 0.6 is 0 Å². The number of rotatable bonds is 6. The maximum Gasteiger partial charge on any atom is 0.308 e. The third-order valence-corrected chi connectivity index (χ3v) is 3.90. The van der Waals surface area contributed by atoms with Crippen molar-refractivity contribution in [2.75, 3.05) is 36.5 Å². The zero-order valence-corrected chi connectivity index (χ0v) is 14.1. The quantitative estimate of drug-likeness (QED) is 0.870. The van der Waals surface area contributed by atoms with Gasteiger partial charge in [0, 0.05) is 25.8 Å². The lowest BCUT2D eigenvalue weighted by molar-refractivity contribution is -0.140. The topological polar surface area (TPSA) is 70.1 Å². The Morgan fingerprint density at radius 3 is 2.65 bits per heavy atom. The zero-order valence-electron chi connectivity index (χ0n) is 14.1. The zero-order chi connectivity index (χ0) is 17.1. The molecule has 0 fully saturated rings. The molecule has 0 saturated heterocycles. The number of nitrogens with zero attached hydrogens (tertiary/aromatic N) is 2. The summed E-state index contributed by atoms with van der Waals surface area (Å²) in [6.07, 6.45) is 0. The third-order valence-electron chi connectivity index (χ3n) is 3.90. The number of likely N-dealkylation sites (N-methyl/N-ethyl adjacent to an activating group) is 1. The molecule has 1 aliphatic rings. The van der Waals surface area contributed by atoms with Crippen molar-refractivity contribution >= 4 is 23.3 Å². The highest BCUT2D eigenvalue weighted by molar-refractivity contribution is 5.97. The molecule has 0 radical (unpaired) electrons. The highest BCUT2D eigenvalue weighted by Crippen LogP contribution is 2.35. The van der Waals surface area contributed by atoms with Crippen molar-refractivity contribution in [3.05, 3.63) is 18.2 Å². The first-order valence-corrected chi connectivity index (χ1v) is 7.80. The largest absolute Gasteiger partial charge is 0.482 e. The van der Waals surface area contributed by atoms with Gasteiger partial charge >= 0.3 is 5.97 Å². The van der Waals surface area contributed by atoms with E-state index in [1.54, 1.807) is 18.9 Å². The van der Waals surface area contributed by atoms with Crippen LogP contribution in [0.1, 0.15) is 20.8 Å². The number of carbonyl (C=O) groups is 2. The molecule has 1 aromatic carbocycles. The van der Waals surface area contributed by atoms with Gasteiger partial charge in [0.1, 0.15) is 5.75 Å². The summed E-state index contributed by atoms with van der Waals surface area (Å²) >= 11 is 0. The van der Waals surface area contributed by atoms with Crippen LogP contribution in [0, 0.1) is 11.8 Å². The van der Waals surface area contributed by atoms with Crippen molar-refractivity contribution in [3.8, 4) is 5.75 Å². The van der Waals surface area contributed by atoms with Gasteiger partial charge in [0.25, 0.3) is 5.91 Å². The molecule has 0 spiro atoms. The van der Waals surface area contributed by atoms with Crippen LogP contribution in [-0.2, 0) is 9.59 Å². The van der Waals surface area contributed by atoms with E-state index < -0.39 is 11.9 Å². The Morgan fingerprint density at radius 2 is 2.04 bits per heavy atom. The first-order valence-electron chi connectivity index (χ1n) is 7.80. The molecule has 0 saturated carbocycles. The van der Waals surface area contributed by atoms with Crippen molar-refractivity contribution in [1.82, 2.24) is 0 Å². The van der Waals surface area contributed by atoms with Crippen molar-refractivity contribution in [1.29, 1.82) is 0 Å². The van der Waals surface area contributed by atoms with E-state index in [0.29, 0.717) is 18.2 Å². The highest BCUT2D eigenvalue weighted by atomic mass is 16.5. The summed E-state index contributed by atoms with van der Waals surface area (Å²) in [7, 11) is 1.72. The van der Waals surface area contributed by atoms with Crippen molar-refractivity contribution < 1.29 is 19.4 Å². The number of anilines is 2.